The van der Waals surface area contributed by atoms with Crippen LogP contribution in [-0.2, 0) is 0 Å². The second-order valence-electron chi connectivity index (χ2n) is 4.32. The molecule has 2 rings (SSSR count). The fraction of sp³-hybridized carbons (Fsp3) is 0.200. The Labute approximate surface area is 124 Å². The largest absolute Gasteiger partial charge is 0.392 e. The lowest BCUT2D eigenvalue weighted by atomic mass is 9.87. The van der Waals surface area contributed by atoms with Gasteiger partial charge in [-0.25, -0.2) is 0 Å². The molecule has 1 unspecified atom stereocenters. The van der Waals surface area contributed by atoms with Gasteiger partial charge in [-0.3, -0.25) is 0 Å². The number of benzene rings is 2. The maximum Gasteiger partial charge on any atom is 0.0621 e. The van der Waals surface area contributed by atoms with Gasteiger partial charge in [0.15, 0.2) is 0 Å². The summed E-state index contributed by atoms with van der Waals surface area (Å²) in [5.74, 6) is 0.00574. The molecule has 94 valence electrons. The van der Waals surface area contributed by atoms with Crippen LogP contribution in [0.4, 0.5) is 0 Å². The van der Waals surface area contributed by atoms with E-state index in [-0.39, 0.29) is 5.92 Å². The molecule has 18 heavy (non-hydrogen) atoms. The molecule has 0 saturated heterocycles. The zero-order valence-electron chi connectivity index (χ0n) is 9.98. The molecule has 0 heterocycles. The van der Waals surface area contributed by atoms with Gasteiger partial charge in [0, 0.05) is 14.9 Å². The van der Waals surface area contributed by atoms with E-state index < -0.39 is 6.10 Å². The summed E-state index contributed by atoms with van der Waals surface area (Å²) in [6.45, 7) is 1.83. The van der Waals surface area contributed by atoms with Crippen LogP contribution in [0.3, 0.4) is 0 Å². The number of rotatable bonds is 3. The molecule has 0 radical (unpaired) electrons. The van der Waals surface area contributed by atoms with Crippen molar-refractivity contribution in [1.82, 2.24) is 0 Å². The van der Waals surface area contributed by atoms with E-state index in [4.69, 9.17) is 0 Å². The first kappa shape index (κ1) is 13.8. The Morgan fingerprint density at radius 1 is 0.778 bits per heavy atom. The summed E-state index contributed by atoms with van der Waals surface area (Å²) >= 11 is 6.86. The summed E-state index contributed by atoms with van der Waals surface area (Å²) in [7, 11) is 0. The first-order valence-electron chi connectivity index (χ1n) is 5.77. The predicted molar refractivity (Wildman–Crippen MR) is 81.8 cm³/mol. The summed E-state index contributed by atoms with van der Waals surface area (Å²) in [6, 6.07) is 16.2. The second kappa shape index (κ2) is 6.00. The highest BCUT2D eigenvalue weighted by atomic mass is 79.9. The first-order chi connectivity index (χ1) is 8.58. The normalized spacial score (nSPS) is 12.7. The fourth-order valence-corrected chi connectivity index (χ4v) is 2.62. The smallest absolute Gasteiger partial charge is 0.0621 e. The monoisotopic (exact) mass is 368 g/mol. The van der Waals surface area contributed by atoms with Crippen molar-refractivity contribution in [3.05, 3.63) is 68.6 Å². The summed E-state index contributed by atoms with van der Waals surface area (Å²) in [5.41, 5.74) is 2.24. The van der Waals surface area contributed by atoms with E-state index >= 15 is 0 Å². The number of aliphatic hydroxyl groups is 1. The van der Waals surface area contributed by atoms with Gasteiger partial charge in [0.1, 0.15) is 0 Å². The fourth-order valence-electron chi connectivity index (χ4n) is 2.09. The maximum atomic E-state index is 10.0. The van der Waals surface area contributed by atoms with Crippen LogP contribution in [0.15, 0.2) is 57.5 Å². The Kier molecular flexibility index (Phi) is 4.60. The average molecular weight is 370 g/mol. The van der Waals surface area contributed by atoms with Gasteiger partial charge in [-0.2, -0.15) is 0 Å². The number of halogens is 2. The van der Waals surface area contributed by atoms with E-state index in [1.165, 1.54) is 0 Å². The van der Waals surface area contributed by atoms with Gasteiger partial charge in [0.25, 0.3) is 0 Å². The first-order valence-corrected chi connectivity index (χ1v) is 7.35. The molecule has 0 saturated carbocycles. The minimum atomic E-state index is -0.424. The summed E-state index contributed by atoms with van der Waals surface area (Å²) < 4.78 is 2.10. The molecule has 2 aromatic rings. The van der Waals surface area contributed by atoms with Crippen LogP contribution in [0, 0.1) is 0 Å². The summed E-state index contributed by atoms with van der Waals surface area (Å²) in [5, 5.41) is 10.0. The number of hydrogen-bond acceptors (Lipinski definition) is 1. The van der Waals surface area contributed by atoms with Crippen LogP contribution in [0.2, 0.25) is 0 Å². The zero-order valence-corrected chi connectivity index (χ0v) is 13.1. The molecule has 0 aliphatic rings. The van der Waals surface area contributed by atoms with Crippen LogP contribution in [0.5, 0.6) is 0 Å². The van der Waals surface area contributed by atoms with Gasteiger partial charge in [0.2, 0.25) is 0 Å². The van der Waals surface area contributed by atoms with Crippen molar-refractivity contribution in [2.75, 3.05) is 0 Å². The molecule has 0 aliphatic carbocycles. The Bertz CT molecular complexity index is 458. The minimum Gasteiger partial charge on any atom is -0.392 e. The highest BCUT2D eigenvalue weighted by Crippen LogP contribution is 2.29. The molecule has 0 spiro atoms. The van der Waals surface area contributed by atoms with Crippen molar-refractivity contribution in [2.45, 2.75) is 18.9 Å². The number of aliphatic hydroxyl groups excluding tert-OH is 1. The third-order valence-electron chi connectivity index (χ3n) is 2.94. The summed E-state index contributed by atoms with van der Waals surface area (Å²) in [4.78, 5) is 0. The number of hydrogen-bond donors (Lipinski definition) is 1. The predicted octanol–water partition coefficient (Wildman–Crippen LogP) is 4.72. The van der Waals surface area contributed by atoms with Gasteiger partial charge in [-0.1, -0.05) is 56.1 Å². The van der Waals surface area contributed by atoms with Crippen molar-refractivity contribution in [1.29, 1.82) is 0 Å². The second-order valence-corrected chi connectivity index (χ2v) is 6.15. The van der Waals surface area contributed by atoms with Crippen molar-refractivity contribution < 1.29 is 5.11 Å². The molecule has 2 aromatic carbocycles. The summed E-state index contributed by atoms with van der Waals surface area (Å²) in [6.07, 6.45) is -0.424. The lowest BCUT2D eigenvalue weighted by Crippen LogP contribution is -2.15. The Balaban J connectivity index is 2.39. The van der Waals surface area contributed by atoms with Crippen LogP contribution in [-0.4, -0.2) is 11.2 Å². The molecule has 1 N–H and O–H groups in total. The molecule has 0 fully saturated rings. The molecule has 0 amide bonds. The van der Waals surface area contributed by atoms with Crippen molar-refractivity contribution >= 4 is 31.9 Å². The van der Waals surface area contributed by atoms with Gasteiger partial charge in [-0.15, -0.1) is 0 Å². The third-order valence-corrected chi connectivity index (χ3v) is 4.00. The Hall–Kier alpha value is -0.640. The molecule has 3 heteroatoms. The van der Waals surface area contributed by atoms with E-state index in [9.17, 15) is 5.11 Å². The lowest BCUT2D eigenvalue weighted by molar-refractivity contribution is 0.176. The Morgan fingerprint density at radius 3 is 1.39 bits per heavy atom. The van der Waals surface area contributed by atoms with Gasteiger partial charge in [0.05, 0.1) is 6.10 Å². The maximum absolute atomic E-state index is 10.0. The zero-order chi connectivity index (χ0) is 13.1. The molecule has 0 aliphatic heterocycles. The van der Waals surface area contributed by atoms with Crippen molar-refractivity contribution in [3.8, 4) is 0 Å². The minimum absolute atomic E-state index is 0.00574. The van der Waals surface area contributed by atoms with Crippen LogP contribution in [0.1, 0.15) is 24.0 Å². The van der Waals surface area contributed by atoms with Crippen LogP contribution >= 0.6 is 31.9 Å². The van der Waals surface area contributed by atoms with E-state index in [1.54, 1.807) is 0 Å². The highest BCUT2D eigenvalue weighted by molar-refractivity contribution is 9.10. The standard InChI is InChI=1S/C15H14Br2O/c1-10(18)15(11-2-6-13(16)7-3-11)12-4-8-14(17)9-5-12/h2-10,15,18H,1H3. The molecular weight excluding hydrogens is 356 g/mol. The Morgan fingerprint density at radius 2 is 1.11 bits per heavy atom. The quantitative estimate of drug-likeness (QED) is 0.829. The lowest BCUT2D eigenvalue weighted by Gasteiger charge is -2.21. The molecule has 0 aromatic heterocycles. The van der Waals surface area contributed by atoms with E-state index in [2.05, 4.69) is 31.9 Å². The van der Waals surface area contributed by atoms with Gasteiger partial charge < -0.3 is 5.11 Å². The van der Waals surface area contributed by atoms with Gasteiger partial charge >= 0.3 is 0 Å². The van der Waals surface area contributed by atoms with Crippen LogP contribution < -0.4 is 0 Å². The van der Waals surface area contributed by atoms with E-state index in [0.717, 1.165) is 20.1 Å². The third kappa shape index (κ3) is 3.22. The molecular formula is C15H14Br2O. The van der Waals surface area contributed by atoms with Crippen LogP contribution in [0.25, 0.3) is 0 Å². The SMILES string of the molecule is CC(O)C(c1ccc(Br)cc1)c1ccc(Br)cc1. The highest BCUT2D eigenvalue weighted by Gasteiger charge is 2.19. The van der Waals surface area contributed by atoms with E-state index in [0.29, 0.717) is 0 Å². The van der Waals surface area contributed by atoms with E-state index in [1.807, 2.05) is 55.5 Å². The molecule has 1 nitrogen and oxygen atoms in total. The molecule has 0 bridgehead atoms. The topological polar surface area (TPSA) is 20.2 Å². The van der Waals surface area contributed by atoms with Crippen molar-refractivity contribution in [3.63, 3.8) is 0 Å². The van der Waals surface area contributed by atoms with Gasteiger partial charge in [-0.05, 0) is 42.3 Å². The molecule has 1 atom stereocenters. The van der Waals surface area contributed by atoms with Crippen molar-refractivity contribution in [2.24, 2.45) is 0 Å². The average Bonchev–Trinajstić information content (AvgIpc) is 2.34.